The molecule has 3 aromatic rings. The molecule has 0 aliphatic heterocycles. The summed E-state index contributed by atoms with van der Waals surface area (Å²) in [6.45, 7) is 3.13. The van der Waals surface area contributed by atoms with Crippen LogP contribution in [0.1, 0.15) is 31.4 Å². The Morgan fingerprint density at radius 3 is 2.20 bits per heavy atom. The van der Waals surface area contributed by atoms with E-state index in [1.165, 1.54) is 37.2 Å². The Bertz CT molecular complexity index is 1440. The number of amides is 2. The number of carbonyl (C=O) groups is 2. The molecule has 0 bridgehead atoms. The number of para-hydroxylation sites is 1. The molecule has 41 heavy (non-hydrogen) atoms. The highest BCUT2D eigenvalue weighted by Gasteiger charge is 2.35. The van der Waals surface area contributed by atoms with Crippen molar-refractivity contribution < 1.29 is 22.4 Å². The van der Waals surface area contributed by atoms with E-state index in [0.717, 1.165) is 30.3 Å². The van der Waals surface area contributed by atoms with E-state index in [2.05, 4.69) is 21.2 Å². The molecule has 0 saturated heterocycles. The molecule has 8 nitrogen and oxygen atoms in total. The van der Waals surface area contributed by atoms with Crippen molar-refractivity contribution in [3.05, 3.63) is 100 Å². The van der Waals surface area contributed by atoms with Crippen molar-refractivity contribution >= 4 is 43.6 Å². The van der Waals surface area contributed by atoms with Gasteiger partial charge in [-0.05, 0) is 48.7 Å². The van der Waals surface area contributed by atoms with Gasteiger partial charge in [0.15, 0.2) is 0 Å². The van der Waals surface area contributed by atoms with Crippen LogP contribution in [-0.2, 0) is 32.8 Å². The highest BCUT2D eigenvalue weighted by atomic mass is 79.9. The van der Waals surface area contributed by atoms with Gasteiger partial charge in [-0.15, -0.1) is 0 Å². The van der Waals surface area contributed by atoms with Gasteiger partial charge in [0.25, 0.3) is 0 Å². The van der Waals surface area contributed by atoms with Crippen LogP contribution < -0.4 is 9.62 Å². The van der Waals surface area contributed by atoms with Crippen LogP contribution in [0.3, 0.4) is 0 Å². The van der Waals surface area contributed by atoms with Gasteiger partial charge < -0.3 is 10.2 Å². The zero-order valence-corrected chi connectivity index (χ0v) is 26.0. The summed E-state index contributed by atoms with van der Waals surface area (Å²) < 4.78 is 44.1. The molecule has 2 amide bonds. The molecule has 0 heterocycles. The fourth-order valence-electron chi connectivity index (χ4n) is 4.18. The summed E-state index contributed by atoms with van der Waals surface area (Å²) in [5.41, 5.74) is 1.30. The summed E-state index contributed by atoms with van der Waals surface area (Å²) in [6, 6.07) is 20.9. The molecule has 3 rings (SSSR count). The number of hydrogen-bond donors (Lipinski definition) is 1. The van der Waals surface area contributed by atoms with Crippen LogP contribution in [0.5, 0.6) is 0 Å². The van der Waals surface area contributed by atoms with Gasteiger partial charge in [-0.25, -0.2) is 8.70 Å². The summed E-state index contributed by atoms with van der Waals surface area (Å²) in [4.78, 5) is 29.3. The van der Waals surface area contributed by atoms with E-state index in [1.54, 1.807) is 0 Å². The van der Waals surface area contributed by atoms with Gasteiger partial charge in [-0.2, -0.15) is 12.7 Å². The average Bonchev–Trinajstić information content (AvgIpc) is 2.94. The number of carbonyl (C=O) groups excluding carboxylic acids is 2. The second-order valence-electron chi connectivity index (χ2n) is 9.92. The van der Waals surface area contributed by atoms with Crippen LogP contribution in [0.4, 0.5) is 10.1 Å². The van der Waals surface area contributed by atoms with E-state index in [0.29, 0.717) is 6.42 Å². The maximum atomic E-state index is 14.9. The molecular weight excluding hydrogens is 611 g/mol. The van der Waals surface area contributed by atoms with E-state index < -0.39 is 34.5 Å². The van der Waals surface area contributed by atoms with Crippen molar-refractivity contribution in [1.29, 1.82) is 0 Å². The molecule has 0 aliphatic carbocycles. The molecule has 1 N–H and O–H groups in total. The van der Waals surface area contributed by atoms with Crippen LogP contribution >= 0.6 is 15.9 Å². The SMILES string of the molecule is CC[C@@H](C)NC(=O)[C@H](Cc1ccccc1)N(Cc1cccc(Br)c1)C(=O)CN(c1ccccc1F)S(=O)(=O)N(C)C. The van der Waals surface area contributed by atoms with Gasteiger partial charge in [0.2, 0.25) is 11.8 Å². The monoisotopic (exact) mass is 646 g/mol. The first-order valence-corrected chi connectivity index (χ1v) is 15.5. The zero-order chi connectivity index (χ0) is 30.2. The molecule has 0 aromatic heterocycles. The van der Waals surface area contributed by atoms with Crippen molar-refractivity contribution in [2.45, 2.75) is 45.3 Å². The number of anilines is 1. The molecule has 220 valence electrons. The molecule has 0 unspecified atom stereocenters. The molecule has 0 saturated carbocycles. The lowest BCUT2D eigenvalue weighted by Crippen LogP contribution is -2.55. The Balaban J connectivity index is 2.11. The number of benzene rings is 3. The van der Waals surface area contributed by atoms with E-state index in [9.17, 15) is 22.4 Å². The highest BCUT2D eigenvalue weighted by molar-refractivity contribution is 9.10. The van der Waals surface area contributed by atoms with Crippen LogP contribution in [0.15, 0.2) is 83.3 Å². The van der Waals surface area contributed by atoms with Gasteiger partial charge in [0.1, 0.15) is 18.4 Å². The summed E-state index contributed by atoms with van der Waals surface area (Å²) in [7, 11) is -1.66. The second kappa shape index (κ2) is 14.6. The van der Waals surface area contributed by atoms with Crippen LogP contribution in [-0.4, -0.2) is 62.2 Å². The van der Waals surface area contributed by atoms with Crippen molar-refractivity contribution in [2.24, 2.45) is 0 Å². The Morgan fingerprint density at radius 2 is 1.59 bits per heavy atom. The van der Waals surface area contributed by atoms with Gasteiger partial charge in [0, 0.05) is 37.6 Å². The first kappa shape index (κ1) is 32.2. The summed E-state index contributed by atoms with van der Waals surface area (Å²) in [5.74, 6) is -1.81. The molecule has 0 spiro atoms. The number of halogens is 2. The van der Waals surface area contributed by atoms with Crippen molar-refractivity contribution in [3.63, 3.8) is 0 Å². The predicted molar refractivity (Wildman–Crippen MR) is 163 cm³/mol. The molecule has 0 aliphatic rings. The fourth-order valence-corrected chi connectivity index (χ4v) is 5.69. The van der Waals surface area contributed by atoms with Gasteiger partial charge >= 0.3 is 10.2 Å². The maximum absolute atomic E-state index is 14.9. The number of rotatable bonds is 13. The maximum Gasteiger partial charge on any atom is 0.304 e. The first-order chi connectivity index (χ1) is 19.4. The predicted octanol–water partition coefficient (Wildman–Crippen LogP) is 4.76. The molecular formula is C30H36BrFN4O4S. The highest BCUT2D eigenvalue weighted by Crippen LogP contribution is 2.25. The minimum Gasteiger partial charge on any atom is -0.352 e. The van der Waals surface area contributed by atoms with Crippen molar-refractivity contribution in [3.8, 4) is 0 Å². The standard InChI is InChI=1S/C30H36BrFN4O4S/c1-5-22(2)33-30(38)28(19-23-12-7-6-8-13-23)35(20-24-14-11-15-25(31)18-24)29(37)21-36(41(39,40)34(3)4)27-17-10-9-16-26(27)32/h6-18,22,28H,5,19-21H2,1-4H3,(H,33,38)/t22-,28+/m1/s1. The average molecular weight is 648 g/mol. The third kappa shape index (κ3) is 8.61. The number of hydrogen-bond acceptors (Lipinski definition) is 4. The van der Waals surface area contributed by atoms with E-state index in [1.807, 2.05) is 68.4 Å². The summed E-state index contributed by atoms with van der Waals surface area (Å²) in [5, 5.41) is 2.98. The quantitative estimate of drug-likeness (QED) is 0.290. The summed E-state index contributed by atoms with van der Waals surface area (Å²) >= 11 is 3.45. The largest absolute Gasteiger partial charge is 0.352 e. The topological polar surface area (TPSA) is 90.0 Å². The molecule has 0 fully saturated rings. The Hall–Kier alpha value is -3.28. The normalized spacial score (nSPS) is 13.0. The third-order valence-electron chi connectivity index (χ3n) is 6.65. The minimum atomic E-state index is -4.28. The van der Waals surface area contributed by atoms with Crippen molar-refractivity contribution in [1.82, 2.24) is 14.5 Å². The van der Waals surface area contributed by atoms with E-state index >= 15 is 0 Å². The minimum absolute atomic E-state index is 0.0246. The number of nitrogens with zero attached hydrogens (tertiary/aromatic N) is 3. The number of nitrogens with one attached hydrogen (secondary N) is 1. The zero-order valence-electron chi connectivity index (χ0n) is 23.6. The molecule has 0 radical (unpaired) electrons. The Kier molecular flexibility index (Phi) is 11.5. The lowest BCUT2D eigenvalue weighted by Gasteiger charge is -2.35. The van der Waals surface area contributed by atoms with Crippen LogP contribution in [0.25, 0.3) is 0 Å². The first-order valence-electron chi connectivity index (χ1n) is 13.3. The van der Waals surface area contributed by atoms with Crippen molar-refractivity contribution in [2.75, 3.05) is 24.9 Å². The second-order valence-corrected chi connectivity index (χ2v) is 12.9. The van der Waals surface area contributed by atoms with Crippen LogP contribution in [0, 0.1) is 5.82 Å². The molecule has 2 atom stereocenters. The Morgan fingerprint density at radius 1 is 0.951 bits per heavy atom. The van der Waals surface area contributed by atoms with Crippen LogP contribution in [0.2, 0.25) is 0 Å². The van der Waals surface area contributed by atoms with E-state index in [4.69, 9.17) is 0 Å². The molecule has 3 aromatic carbocycles. The van der Waals surface area contributed by atoms with E-state index in [-0.39, 0.29) is 30.6 Å². The van der Waals surface area contributed by atoms with Gasteiger partial charge in [0.05, 0.1) is 5.69 Å². The fraction of sp³-hybridized carbons (Fsp3) is 0.333. The van der Waals surface area contributed by atoms with Gasteiger partial charge in [-0.3, -0.25) is 9.59 Å². The molecule has 11 heteroatoms. The Labute approximate surface area is 250 Å². The lowest BCUT2D eigenvalue weighted by atomic mass is 10.0. The van der Waals surface area contributed by atoms with Gasteiger partial charge in [-0.1, -0.05) is 77.5 Å². The smallest absolute Gasteiger partial charge is 0.304 e. The summed E-state index contributed by atoms with van der Waals surface area (Å²) in [6.07, 6.45) is 0.883. The lowest BCUT2D eigenvalue weighted by molar-refractivity contribution is -0.140. The third-order valence-corrected chi connectivity index (χ3v) is 8.95.